The van der Waals surface area contributed by atoms with Crippen LogP contribution in [0.3, 0.4) is 0 Å². The fourth-order valence-electron chi connectivity index (χ4n) is 2.63. The molecule has 0 saturated heterocycles. The molecule has 2 nitrogen and oxygen atoms in total. The Morgan fingerprint density at radius 1 is 0.769 bits per heavy atom. The Bertz CT molecular complexity index is 849. The topological polar surface area (TPSA) is 18.5 Å². The Hall–Kier alpha value is -2.65. The Morgan fingerprint density at radius 2 is 1.31 bits per heavy atom. The number of hydrogen-bond acceptors (Lipinski definition) is 3. The summed E-state index contributed by atoms with van der Waals surface area (Å²) < 4.78 is 10.8. The molecule has 0 amide bonds. The van der Waals surface area contributed by atoms with Crippen LogP contribution in [-0.4, -0.2) is 14.2 Å². The van der Waals surface area contributed by atoms with Gasteiger partial charge in [-0.2, -0.15) is 0 Å². The number of thioether (sulfide) groups is 1. The van der Waals surface area contributed by atoms with E-state index in [1.807, 2.05) is 24.3 Å². The van der Waals surface area contributed by atoms with Crippen LogP contribution in [0.2, 0.25) is 0 Å². The first kappa shape index (κ1) is 18.2. The second-order valence-electron chi connectivity index (χ2n) is 5.93. The van der Waals surface area contributed by atoms with Crippen LogP contribution < -0.4 is 9.47 Å². The zero-order chi connectivity index (χ0) is 18.4. The average Bonchev–Trinajstić information content (AvgIpc) is 2.70. The van der Waals surface area contributed by atoms with Crippen molar-refractivity contribution in [2.75, 3.05) is 14.2 Å². The third kappa shape index (κ3) is 4.50. The minimum Gasteiger partial charge on any atom is -0.497 e. The van der Waals surface area contributed by atoms with Crippen LogP contribution in [0.1, 0.15) is 16.7 Å². The van der Waals surface area contributed by atoms with Crippen molar-refractivity contribution >= 4 is 17.3 Å². The van der Waals surface area contributed by atoms with E-state index in [9.17, 15) is 0 Å². The van der Waals surface area contributed by atoms with Gasteiger partial charge in [-0.3, -0.25) is 0 Å². The van der Waals surface area contributed by atoms with Crippen molar-refractivity contribution in [3.63, 3.8) is 0 Å². The Balaban J connectivity index is 2.02. The van der Waals surface area contributed by atoms with Crippen LogP contribution in [0.25, 0.3) is 5.57 Å². The van der Waals surface area contributed by atoms with Gasteiger partial charge < -0.3 is 9.47 Å². The minimum absolute atomic E-state index is 0.844. The molecule has 132 valence electrons. The van der Waals surface area contributed by atoms with Gasteiger partial charge in [-0.05, 0) is 65.4 Å². The number of methoxy groups -OCH3 is 2. The van der Waals surface area contributed by atoms with Crippen LogP contribution in [0, 0.1) is 6.92 Å². The lowest BCUT2D eigenvalue weighted by Crippen LogP contribution is -1.91. The first-order valence-corrected chi connectivity index (χ1v) is 9.30. The van der Waals surface area contributed by atoms with Crippen molar-refractivity contribution in [3.8, 4) is 11.5 Å². The van der Waals surface area contributed by atoms with Crippen molar-refractivity contribution in [1.29, 1.82) is 0 Å². The third-order valence-electron chi connectivity index (χ3n) is 4.10. The quantitative estimate of drug-likeness (QED) is 0.487. The lowest BCUT2D eigenvalue weighted by Gasteiger charge is -2.11. The molecule has 0 spiro atoms. The molecule has 3 aromatic rings. The highest BCUT2D eigenvalue weighted by atomic mass is 32.2. The lowest BCUT2D eigenvalue weighted by molar-refractivity contribution is 0.414. The van der Waals surface area contributed by atoms with Crippen molar-refractivity contribution in [2.45, 2.75) is 11.8 Å². The second kappa shape index (κ2) is 8.63. The highest BCUT2D eigenvalue weighted by Gasteiger charge is 2.08. The molecule has 26 heavy (non-hydrogen) atoms. The number of benzene rings is 3. The molecule has 0 fully saturated rings. The minimum atomic E-state index is 0.844. The van der Waals surface area contributed by atoms with E-state index < -0.39 is 0 Å². The van der Waals surface area contributed by atoms with Gasteiger partial charge in [0.25, 0.3) is 0 Å². The van der Waals surface area contributed by atoms with Crippen molar-refractivity contribution < 1.29 is 9.47 Å². The normalized spacial score (nSPS) is 10.3. The van der Waals surface area contributed by atoms with E-state index in [4.69, 9.17) is 9.47 Å². The van der Waals surface area contributed by atoms with Gasteiger partial charge in [0, 0.05) is 4.90 Å². The first-order valence-electron chi connectivity index (χ1n) is 8.42. The summed E-state index contributed by atoms with van der Waals surface area (Å²) in [6.07, 6.45) is 0. The average molecular weight is 362 g/mol. The van der Waals surface area contributed by atoms with Crippen LogP contribution in [-0.2, 0) is 0 Å². The molecule has 0 atom stereocenters. The summed E-state index contributed by atoms with van der Waals surface area (Å²) in [5, 5.41) is 2.19. The molecular weight excluding hydrogens is 340 g/mol. The second-order valence-corrected chi connectivity index (χ2v) is 6.87. The molecule has 3 heteroatoms. The van der Waals surface area contributed by atoms with Gasteiger partial charge in [-0.1, -0.05) is 53.7 Å². The van der Waals surface area contributed by atoms with Gasteiger partial charge in [-0.15, -0.1) is 0 Å². The van der Waals surface area contributed by atoms with Gasteiger partial charge in [0.05, 0.1) is 14.2 Å². The summed E-state index contributed by atoms with van der Waals surface area (Å²) in [5.74, 6) is 1.69. The number of aryl methyl sites for hydroxylation is 1. The molecule has 0 aromatic heterocycles. The lowest BCUT2D eigenvalue weighted by atomic mass is 9.99. The predicted octanol–water partition coefficient (Wildman–Crippen LogP) is 6.19. The summed E-state index contributed by atoms with van der Waals surface area (Å²) in [6.45, 7) is 2.10. The molecule has 3 aromatic carbocycles. The Kier molecular flexibility index (Phi) is 6.03. The van der Waals surface area contributed by atoms with Gasteiger partial charge in [0.15, 0.2) is 0 Å². The van der Waals surface area contributed by atoms with Gasteiger partial charge in [-0.25, -0.2) is 0 Å². The van der Waals surface area contributed by atoms with Gasteiger partial charge in [0.1, 0.15) is 11.5 Å². The molecule has 0 heterocycles. The molecule has 0 bridgehead atoms. The largest absolute Gasteiger partial charge is 0.497 e. The van der Waals surface area contributed by atoms with Crippen molar-refractivity contribution in [3.05, 3.63) is 94.9 Å². The molecule has 0 saturated carbocycles. The molecule has 0 aliphatic carbocycles. The number of rotatable bonds is 6. The van der Waals surface area contributed by atoms with Crippen LogP contribution in [0.5, 0.6) is 11.5 Å². The molecule has 0 aliphatic heterocycles. The molecule has 0 aliphatic rings. The molecular formula is C23H22O2S. The van der Waals surface area contributed by atoms with E-state index in [1.54, 1.807) is 26.0 Å². The van der Waals surface area contributed by atoms with E-state index in [2.05, 4.69) is 60.9 Å². The highest BCUT2D eigenvalue weighted by molar-refractivity contribution is 8.02. The molecule has 0 radical (unpaired) electrons. The zero-order valence-corrected chi connectivity index (χ0v) is 16.0. The molecule has 3 rings (SSSR count). The predicted molar refractivity (Wildman–Crippen MR) is 110 cm³/mol. The van der Waals surface area contributed by atoms with Crippen molar-refractivity contribution in [1.82, 2.24) is 0 Å². The summed E-state index contributed by atoms with van der Waals surface area (Å²) in [4.78, 5) is 1.21. The van der Waals surface area contributed by atoms with Gasteiger partial charge >= 0.3 is 0 Å². The summed E-state index contributed by atoms with van der Waals surface area (Å²) in [6, 6.07) is 24.8. The fraction of sp³-hybridized carbons (Fsp3) is 0.130. The number of ether oxygens (including phenoxy) is 2. The summed E-state index contributed by atoms with van der Waals surface area (Å²) in [5.41, 5.74) is 4.61. The van der Waals surface area contributed by atoms with Gasteiger partial charge in [0.2, 0.25) is 0 Å². The monoisotopic (exact) mass is 362 g/mol. The third-order valence-corrected chi connectivity index (χ3v) is 4.99. The van der Waals surface area contributed by atoms with E-state index in [-0.39, 0.29) is 0 Å². The van der Waals surface area contributed by atoms with Crippen molar-refractivity contribution in [2.24, 2.45) is 0 Å². The Morgan fingerprint density at radius 3 is 1.81 bits per heavy atom. The maximum Gasteiger partial charge on any atom is 0.119 e. The Labute approximate surface area is 159 Å². The van der Waals surface area contributed by atoms with E-state index in [0.29, 0.717) is 0 Å². The van der Waals surface area contributed by atoms with E-state index in [0.717, 1.165) is 28.2 Å². The van der Waals surface area contributed by atoms with E-state index in [1.165, 1.54) is 10.5 Å². The maximum absolute atomic E-state index is 5.40. The maximum atomic E-state index is 5.40. The first-order chi connectivity index (χ1) is 12.7. The van der Waals surface area contributed by atoms with E-state index >= 15 is 0 Å². The van der Waals surface area contributed by atoms with Crippen LogP contribution in [0.15, 0.2) is 83.1 Å². The fourth-order valence-corrected chi connectivity index (χ4v) is 3.45. The standard InChI is InChI=1S/C23H22O2S/c1-17-10-12-22(13-11-17)26-16-23(18-6-4-8-20(14-18)24-2)19-7-5-9-21(15-19)25-3/h4-16H,1-3H3. The molecule has 0 N–H and O–H groups in total. The molecule has 0 unspecified atom stereocenters. The van der Waals surface area contributed by atoms with Crippen LogP contribution >= 0.6 is 11.8 Å². The summed E-state index contributed by atoms with van der Waals surface area (Å²) in [7, 11) is 3.38. The zero-order valence-electron chi connectivity index (χ0n) is 15.2. The smallest absolute Gasteiger partial charge is 0.119 e. The number of hydrogen-bond donors (Lipinski definition) is 0. The SMILES string of the molecule is COc1cccc(C(=CSc2ccc(C)cc2)c2cccc(OC)c2)c1. The summed E-state index contributed by atoms with van der Waals surface area (Å²) >= 11 is 1.71. The van der Waals surface area contributed by atoms with Crippen LogP contribution in [0.4, 0.5) is 0 Å². The highest BCUT2D eigenvalue weighted by Crippen LogP contribution is 2.32.